The van der Waals surface area contributed by atoms with Crippen molar-refractivity contribution in [1.82, 2.24) is 18.9 Å². The van der Waals surface area contributed by atoms with E-state index >= 15 is 0 Å². The Morgan fingerprint density at radius 3 is 1.96 bits per heavy atom. The van der Waals surface area contributed by atoms with Crippen molar-refractivity contribution in [3.63, 3.8) is 0 Å². The Hall–Kier alpha value is -6.03. The Labute approximate surface area is 340 Å². The predicted molar refractivity (Wildman–Crippen MR) is 226 cm³/mol. The largest absolute Gasteiger partial charge is 2.00 e. The minimum atomic E-state index is -0.153. The third kappa shape index (κ3) is 5.72. The molecule has 6 aromatic carbocycles. The van der Waals surface area contributed by atoms with Crippen molar-refractivity contribution in [3.8, 4) is 39.7 Å². The fraction of sp³-hybridized carbons (Fsp3) is 0.120. The second-order valence-corrected chi connectivity index (χ2v) is 15.4. The molecule has 0 saturated heterocycles. The molecule has 5 nitrogen and oxygen atoms in total. The molecule has 6 heteroatoms. The van der Waals surface area contributed by atoms with E-state index < -0.39 is 0 Å². The van der Waals surface area contributed by atoms with Crippen molar-refractivity contribution in [3.05, 3.63) is 168 Å². The average molecular weight is 906 g/mol. The van der Waals surface area contributed by atoms with Crippen molar-refractivity contribution < 1.29 is 25.8 Å². The summed E-state index contributed by atoms with van der Waals surface area (Å²) >= 11 is 0. The number of benzene rings is 6. The van der Waals surface area contributed by atoms with Gasteiger partial charge in [-0.15, -0.1) is 35.9 Å². The van der Waals surface area contributed by atoms with E-state index in [1.54, 1.807) is 0 Å². The third-order valence-corrected chi connectivity index (χ3v) is 10.8. The van der Waals surface area contributed by atoms with Crippen LogP contribution < -0.4 is 4.74 Å². The van der Waals surface area contributed by atoms with Crippen molar-refractivity contribution in [1.29, 1.82) is 0 Å². The zero-order chi connectivity index (χ0) is 37.4. The Balaban J connectivity index is 0.00000410. The molecule has 0 radical (unpaired) electrons. The Kier molecular flexibility index (Phi) is 8.67. The summed E-state index contributed by atoms with van der Waals surface area (Å²) in [5, 5.41) is 5.33. The van der Waals surface area contributed by atoms with Crippen LogP contribution in [0.5, 0.6) is 11.5 Å². The first-order valence-electron chi connectivity index (χ1n) is 18.8. The van der Waals surface area contributed by atoms with Crippen LogP contribution in [0.15, 0.2) is 140 Å². The number of nitrogens with zero attached hydrogens (tertiary/aromatic N) is 4. The Morgan fingerprint density at radius 1 is 0.589 bits per heavy atom. The molecule has 0 bridgehead atoms. The van der Waals surface area contributed by atoms with Gasteiger partial charge in [0.25, 0.3) is 0 Å². The van der Waals surface area contributed by atoms with Gasteiger partial charge in [0.05, 0.1) is 22.6 Å². The summed E-state index contributed by atoms with van der Waals surface area (Å²) in [6, 6.07) is 54.0. The van der Waals surface area contributed by atoms with Crippen LogP contribution >= 0.6 is 0 Å². The quantitative estimate of drug-likeness (QED) is 0.128. The molecule has 10 rings (SSSR count). The maximum atomic E-state index is 6.81. The first-order valence-corrected chi connectivity index (χ1v) is 18.8. The summed E-state index contributed by atoms with van der Waals surface area (Å²) in [6.45, 7) is 11.0. The minimum Gasteiger partial charge on any atom is -0.503 e. The molecule has 0 spiro atoms. The number of pyridine rings is 2. The van der Waals surface area contributed by atoms with Crippen LogP contribution in [0.25, 0.3) is 77.5 Å². The number of fused-ring (bicyclic) bond motifs is 9. The fourth-order valence-electron chi connectivity index (χ4n) is 8.06. The van der Waals surface area contributed by atoms with Crippen LogP contribution in [0.1, 0.15) is 37.5 Å². The molecule has 274 valence electrons. The number of ether oxygens (including phenoxy) is 1. The maximum Gasteiger partial charge on any atom is 2.00 e. The van der Waals surface area contributed by atoms with Crippen molar-refractivity contribution >= 4 is 49.3 Å². The van der Waals surface area contributed by atoms with Crippen molar-refractivity contribution in [2.45, 2.75) is 40.0 Å². The van der Waals surface area contributed by atoms with Gasteiger partial charge in [0, 0.05) is 45.1 Å². The van der Waals surface area contributed by atoms with E-state index in [0.717, 1.165) is 83.0 Å². The zero-order valence-corrected chi connectivity index (χ0v) is 34.1. The van der Waals surface area contributed by atoms with Gasteiger partial charge in [0.2, 0.25) is 0 Å². The summed E-state index contributed by atoms with van der Waals surface area (Å²) in [7, 11) is 0. The van der Waals surface area contributed by atoms with Crippen LogP contribution in [-0.2, 0) is 26.5 Å². The summed E-state index contributed by atoms with van der Waals surface area (Å²) in [5.41, 5.74) is 12.4. The van der Waals surface area contributed by atoms with Gasteiger partial charge in [-0.2, -0.15) is 0 Å². The molecule has 0 unspecified atom stereocenters. The van der Waals surface area contributed by atoms with Gasteiger partial charge in [-0.25, -0.2) is 4.98 Å². The first kappa shape index (κ1) is 35.7. The fourth-order valence-corrected chi connectivity index (χ4v) is 8.06. The van der Waals surface area contributed by atoms with Gasteiger partial charge >= 0.3 is 21.1 Å². The average Bonchev–Trinajstić information content (AvgIpc) is 3.75. The van der Waals surface area contributed by atoms with Gasteiger partial charge < -0.3 is 13.7 Å². The van der Waals surface area contributed by atoms with E-state index in [2.05, 4.69) is 177 Å². The molecule has 56 heavy (non-hydrogen) atoms. The molecule has 4 aromatic heterocycles. The normalized spacial score (nSPS) is 11.9. The number of rotatable bonds is 5. The molecular formula is C50H38N4OPt. The first-order chi connectivity index (χ1) is 26.7. The van der Waals surface area contributed by atoms with E-state index in [0.29, 0.717) is 11.5 Å². The van der Waals surface area contributed by atoms with Gasteiger partial charge in [-0.05, 0) is 60.0 Å². The molecule has 0 saturated carbocycles. The summed E-state index contributed by atoms with van der Waals surface area (Å²) in [5.74, 6) is 1.21. The third-order valence-electron chi connectivity index (χ3n) is 10.8. The van der Waals surface area contributed by atoms with Crippen LogP contribution in [0.2, 0.25) is 0 Å². The second kappa shape index (κ2) is 13.6. The van der Waals surface area contributed by atoms with Crippen LogP contribution in [0.4, 0.5) is 0 Å². The van der Waals surface area contributed by atoms with Crippen LogP contribution in [0.3, 0.4) is 0 Å². The van der Waals surface area contributed by atoms with Crippen molar-refractivity contribution in [2.24, 2.45) is 0 Å². The molecule has 0 fully saturated rings. The van der Waals surface area contributed by atoms with E-state index in [1.165, 1.54) is 11.1 Å². The zero-order valence-electron chi connectivity index (χ0n) is 31.8. The summed E-state index contributed by atoms with van der Waals surface area (Å²) < 4.78 is 11.3. The molecule has 0 N–H and O–H groups in total. The summed E-state index contributed by atoms with van der Waals surface area (Å²) in [6.07, 6.45) is 1.85. The minimum absolute atomic E-state index is 0. The molecule has 0 aliphatic rings. The monoisotopic (exact) mass is 905 g/mol. The van der Waals surface area contributed by atoms with Gasteiger partial charge in [0.15, 0.2) is 0 Å². The molecule has 0 aliphatic heterocycles. The van der Waals surface area contributed by atoms with Gasteiger partial charge in [-0.1, -0.05) is 128 Å². The van der Waals surface area contributed by atoms with E-state index in [9.17, 15) is 0 Å². The molecule has 0 amide bonds. The van der Waals surface area contributed by atoms with E-state index in [4.69, 9.17) is 14.7 Å². The molecular weight excluding hydrogens is 868 g/mol. The van der Waals surface area contributed by atoms with E-state index in [-0.39, 0.29) is 26.5 Å². The smallest absolute Gasteiger partial charge is 0.503 e. The maximum absolute atomic E-state index is 6.81. The predicted octanol–water partition coefficient (Wildman–Crippen LogP) is 12.8. The number of imidazole rings is 1. The van der Waals surface area contributed by atoms with Crippen LogP contribution in [0, 0.1) is 26.0 Å². The molecule has 10 aromatic rings. The van der Waals surface area contributed by atoms with Crippen LogP contribution in [-0.4, -0.2) is 18.9 Å². The number of aryl methyl sites for hydroxylation is 2. The number of aromatic nitrogens is 4. The number of para-hydroxylation sites is 2. The van der Waals surface area contributed by atoms with Crippen molar-refractivity contribution in [2.75, 3.05) is 0 Å². The van der Waals surface area contributed by atoms with Gasteiger partial charge in [-0.3, -0.25) is 4.98 Å². The molecule has 0 atom stereocenters. The Morgan fingerprint density at radius 2 is 1.23 bits per heavy atom. The molecule has 4 heterocycles. The second-order valence-electron chi connectivity index (χ2n) is 15.4. The van der Waals surface area contributed by atoms with E-state index in [1.807, 2.05) is 18.3 Å². The summed E-state index contributed by atoms with van der Waals surface area (Å²) in [4.78, 5) is 10.3. The number of hydrogen-bond acceptors (Lipinski definition) is 3. The Bertz CT molecular complexity index is 3090. The standard InChI is InChI=1S/C50H38N4O.Pt/c1-31-15-6-8-17-37(31)46-47(38-18-9-7-16-32(38)2)54-45-23-13-10-19-40(45)39-25-24-35(30-43(39)49(54)52-46)55-36-28-33(50(3,4)5)27-34(29-36)53-44-22-12-11-20-41(44)42-21-14-26-51-48(42)53;/h6-28H,1-5H3;/q-2;+2. The SMILES string of the molecule is Cc1ccccc1-c1nc2c3[c-]c(Oc4[c-]c(-n5c6ccccc6c6cccnc65)cc(C(C)(C)C)c4)ccc3c3ccccc3n2c1-c1ccccc1C.[Pt+2]. The van der Waals surface area contributed by atoms with Gasteiger partial charge in [0.1, 0.15) is 5.65 Å². The topological polar surface area (TPSA) is 44.3 Å². The number of hydrogen-bond donors (Lipinski definition) is 0. The molecule has 0 aliphatic carbocycles.